The summed E-state index contributed by atoms with van der Waals surface area (Å²) in [7, 11) is 0. The minimum atomic E-state index is -1.20. The number of carbonyl (C=O) groups excluding carboxylic acids is 1. The lowest BCUT2D eigenvalue weighted by Crippen LogP contribution is -2.38. The summed E-state index contributed by atoms with van der Waals surface area (Å²) in [6.07, 6.45) is 0.381. The number of nitrogens with zero attached hydrogens (tertiary/aromatic N) is 3. The average molecular weight is 381 g/mol. The Bertz CT molecular complexity index is 960. The van der Waals surface area contributed by atoms with Gasteiger partial charge in [-0.3, -0.25) is 4.79 Å². The van der Waals surface area contributed by atoms with Crippen molar-refractivity contribution >= 4 is 17.2 Å². The number of aliphatic hydroxyl groups is 2. The molecule has 1 fully saturated rings. The molecule has 0 saturated carbocycles. The van der Waals surface area contributed by atoms with Crippen LogP contribution in [0.1, 0.15) is 16.8 Å². The fourth-order valence-corrected chi connectivity index (χ4v) is 4.01. The maximum absolute atomic E-state index is 12.8. The normalized spacial score (nSPS) is 19.4. The molecule has 2 aromatic carbocycles. The van der Waals surface area contributed by atoms with Crippen molar-refractivity contribution in [2.24, 2.45) is 0 Å². The van der Waals surface area contributed by atoms with Crippen LogP contribution in [-0.4, -0.2) is 56.5 Å². The molecule has 2 heterocycles. The van der Waals surface area contributed by atoms with Gasteiger partial charge in [0.15, 0.2) is 0 Å². The first kappa shape index (κ1) is 17.8. The molecule has 1 atom stereocenters. The topological polar surface area (TPSA) is 86.6 Å². The number of likely N-dealkylation sites (tertiary alicyclic amines) is 1. The van der Waals surface area contributed by atoms with Crippen LogP contribution in [0, 0.1) is 0 Å². The Labute approximate surface area is 160 Å². The minimum Gasteiger partial charge on any atom is -0.393 e. The summed E-state index contributed by atoms with van der Waals surface area (Å²) in [4.78, 5) is 14.3. The Morgan fingerprint density at radius 3 is 2.48 bits per heavy atom. The Morgan fingerprint density at radius 2 is 1.78 bits per heavy atom. The lowest BCUT2D eigenvalue weighted by molar-refractivity contribution is -0.00455. The van der Waals surface area contributed by atoms with Gasteiger partial charge in [-0.2, -0.15) is 0 Å². The maximum Gasteiger partial charge on any atom is 0.253 e. The molecule has 0 radical (unpaired) electrons. The molecule has 1 aromatic heterocycles. The van der Waals surface area contributed by atoms with E-state index in [1.165, 1.54) is 11.3 Å². The number of hydrogen-bond donors (Lipinski definition) is 2. The van der Waals surface area contributed by atoms with E-state index in [0.29, 0.717) is 18.5 Å². The van der Waals surface area contributed by atoms with Gasteiger partial charge in [-0.05, 0) is 18.6 Å². The Balaban J connectivity index is 1.57. The molecule has 4 rings (SSSR count). The van der Waals surface area contributed by atoms with E-state index in [1.807, 2.05) is 42.5 Å². The molecule has 1 amide bonds. The molecule has 0 bridgehead atoms. The van der Waals surface area contributed by atoms with Gasteiger partial charge in [0.05, 0.1) is 13.2 Å². The zero-order valence-electron chi connectivity index (χ0n) is 14.6. The molecule has 7 heteroatoms. The number of aromatic nitrogens is 2. The molecule has 27 heavy (non-hydrogen) atoms. The van der Waals surface area contributed by atoms with E-state index in [0.717, 1.165) is 21.1 Å². The highest BCUT2D eigenvalue weighted by Gasteiger charge is 2.37. The second-order valence-electron chi connectivity index (χ2n) is 6.72. The Kier molecular flexibility index (Phi) is 4.73. The largest absolute Gasteiger partial charge is 0.393 e. The molecule has 0 spiro atoms. The van der Waals surface area contributed by atoms with Gasteiger partial charge in [0.25, 0.3) is 5.91 Å². The van der Waals surface area contributed by atoms with Crippen molar-refractivity contribution < 1.29 is 15.0 Å². The second-order valence-corrected chi connectivity index (χ2v) is 7.70. The predicted octanol–water partition coefficient (Wildman–Crippen LogP) is 2.44. The van der Waals surface area contributed by atoms with Gasteiger partial charge in [0.1, 0.15) is 15.6 Å². The van der Waals surface area contributed by atoms with Crippen LogP contribution in [-0.2, 0) is 0 Å². The summed E-state index contributed by atoms with van der Waals surface area (Å²) < 4.78 is 0. The van der Waals surface area contributed by atoms with Crippen molar-refractivity contribution in [2.75, 3.05) is 19.7 Å². The van der Waals surface area contributed by atoms with Crippen LogP contribution in [0.3, 0.4) is 0 Å². The highest BCUT2D eigenvalue weighted by Crippen LogP contribution is 2.30. The Morgan fingerprint density at radius 1 is 1.07 bits per heavy atom. The number of hydrogen-bond acceptors (Lipinski definition) is 6. The first-order chi connectivity index (χ1) is 13.1. The monoisotopic (exact) mass is 381 g/mol. The summed E-state index contributed by atoms with van der Waals surface area (Å²) in [6.45, 7) is 0.227. The van der Waals surface area contributed by atoms with Gasteiger partial charge in [0.2, 0.25) is 0 Å². The minimum absolute atomic E-state index is 0.142. The van der Waals surface area contributed by atoms with E-state index < -0.39 is 5.60 Å². The summed E-state index contributed by atoms with van der Waals surface area (Å²) in [5.74, 6) is -0.158. The summed E-state index contributed by atoms with van der Waals surface area (Å²) in [6, 6.07) is 17.1. The molecule has 0 aliphatic carbocycles. The third-order valence-corrected chi connectivity index (χ3v) is 5.74. The zero-order valence-corrected chi connectivity index (χ0v) is 15.4. The van der Waals surface area contributed by atoms with Crippen molar-refractivity contribution in [3.63, 3.8) is 0 Å². The van der Waals surface area contributed by atoms with Gasteiger partial charge in [-0.25, -0.2) is 0 Å². The molecular weight excluding hydrogens is 362 g/mol. The first-order valence-corrected chi connectivity index (χ1v) is 9.51. The van der Waals surface area contributed by atoms with Crippen LogP contribution >= 0.6 is 11.3 Å². The summed E-state index contributed by atoms with van der Waals surface area (Å²) in [5.41, 5.74) is 1.18. The second kappa shape index (κ2) is 7.19. The predicted molar refractivity (Wildman–Crippen MR) is 103 cm³/mol. The lowest BCUT2D eigenvalue weighted by atomic mass is 10.1. The van der Waals surface area contributed by atoms with E-state index in [9.17, 15) is 15.0 Å². The van der Waals surface area contributed by atoms with Gasteiger partial charge in [-0.15, -0.1) is 10.2 Å². The Hall–Kier alpha value is -2.61. The zero-order chi connectivity index (χ0) is 18.9. The third-order valence-electron chi connectivity index (χ3n) is 4.72. The van der Waals surface area contributed by atoms with Gasteiger partial charge in [-0.1, -0.05) is 53.8 Å². The van der Waals surface area contributed by atoms with Crippen LogP contribution in [0.15, 0.2) is 54.6 Å². The molecule has 6 nitrogen and oxygen atoms in total. The van der Waals surface area contributed by atoms with Crippen LogP contribution in [0.5, 0.6) is 0 Å². The summed E-state index contributed by atoms with van der Waals surface area (Å²) >= 11 is 1.47. The van der Waals surface area contributed by atoms with E-state index >= 15 is 0 Å². The maximum atomic E-state index is 12.8. The van der Waals surface area contributed by atoms with Crippen LogP contribution < -0.4 is 0 Å². The SMILES string of the molecule is O=C(c1cccc(-c2nnc(-c3ccccc3)s2)c1)N1CCC(O)(CO)C1. The van der Waals surface area contributed by atoms with E-state index in [2.05, 4.69) is 10.2 Å². The lowest BCUT2D eigenvalue weighted by Gasteiger charge is -2.21. The fourth-order valence-electron chi connectivity index (χ4n) is 3.16. The molecular formula is C20H19N3O3S. The van der Waals surface area contributed by atoms with Crippen molar-refractivity contribution in [3.8, 4) is 21.1 Å². The average Bonchev–Trinajstić information content (AvgIpc) is 3.36. The quantitative estimate of drug-likeness (QED) is 0.725. The molecule has 1 aliphatic heterocycles. The van der Waals surface area contributed by atoms with Gasteiger partial charge >= 0.3 is 0 Å². The van der Waals surface area contributed by atoms with Crippen molar-refractivity contribution in [1.29, 1.82) is 0 Å². The first-order valence-electron chi connectivity index (χ1n) is 8.70. The number of β-amino-alcohol motifs (C(OH)–C–C–N with tert-alkyl or cyclic N) is 1. The highest BCUT2D eigenvalue weighted by molar-refractivity contribution is 7.17. The van der Waals surface area contributed by atoms with Crippen LogP contribution in [0.2, 0.25) is 0 Å². The summed E-state index contributed by atoms with van der Waals surface area (Å²) in [5, 5.41) is 29.5. The van der Waals surface area contributed by atoms with Crippen LogP contribution in [0.4, 0.5) is 0 Å². The van der Waals surface area contributed by atoms with E-state index in [4.69, 9.17) is 0 Å². The van der Waals surface area contributed by atoms with Crippen molar-refractivity contribution in [2.45, 2.75) is 12.0 Å². The number of rotatable bonds is 4. The van der Waals surface area contributed by atoms with Crippen molar-refractivity contribution in [3.05, 3.63) is 60.2 Å². The number of aliphatic hydroxyl groups excluding tert-OH is 1. The van der Waals surface area contributed by atoms with Gasteiger partial charge < -0.3 is 15.1 Å². The highest BCUT2D eigenvalue weighted by atomic mass is 32.1. The standard InChI is InChI=1S/C20H19N3O3S/c24-13-20(26)9-10-23(12-20)19(25)16-8-4-7-15(11-16)18-22-21-17(27-18)14-5-2-1-3-6-14/h1-8,11,24,26H,9-10,12-13H2. The number of benzene rings is 2. The molecule has 1 aliphatic rings. The molecule has 3 aromatic rings. The van der Waals surface area contributed by atoms with Gasteiger partial charge in [0, 0.05) is 23.2 Å². The smallest absolute Gasteiger partial charge is 0.253 e. The molecule has 1 unspecified atom stereocenters. The van der Waals surface area contributed by atoms with E-state index in [1.54, 1.807) is 17.0 Å². The number of carbonyl (C=O) groups is 1. The van der Waals surface area contributed by atoms with Crippen LogP contribution in [0.25, 0.3) is 21.1 Å². The molecule has 1 saturated heterocycles. The van der Waals surface area contributed by atoms with E-state index in [-0.39, 0.29) is 19.1 Å². The van der Waals surface area contributed by atoms with Crippen molar-refractivity contribution in [1.82, 2.24) is 15.1 Å². The molecule has 138 valence electrons. The molecule has 2 N–H and O–H groups in total. The third kappa shape index (κ3) is 3.62. The fraction of sp³-hybridized carbons (Fsp3) is 0.250. The number of amides is 1.